The molecule has 0 aliphatic rings. The van der Waals surface area contributed by atoms with Crippen LogP contribution < -0.4 is 20.1 Å². The van der Waals surface area contributed by atoms with Gasteiger partial charge in [0.05, 0.1) is 19.2 Å². The maximum atomic E-state index is 9.46. The van der Waals surface area contributed by atoms with E-state index in [1.807, 2.05) is 50.2 Å². The van der Waals surface area contributed by atoms with Crippen molar-refractivity contribution >= 4 is 17.5 Å². The maximum absolute atomic E-state index is 9.46. The molecule has 8 nitrogen and oxygen atoms in total. The second-order valence-electron chi connectivity index (χ2n) is 6.17. The number of ether oxygens (including phenoxy) is 2. The molecule has 3 aromatic rings. The molecule has 3 rings (SSSR count). The topological polar surface area (TPSA) is 108 Å². The Morgan fingerprint density at radius 3 is 2.50 bits per heavy atom. The van der Waals surface area contributed by atoms with Crippen LogP contribution in [0.15, 0.2) is 36.4 Å². The van der Waals surface area contributed by atoms with Gasteiger partial charge in [-0.1, -0.05) is 0 Å². The monoisotopic (exact) mass is 378 g/mol. The summed E-state index contributed by atoms with van der Waals surface area (Å²) in [4.78, 5) is 4.51. The van der Waals surface area contributed by atoms with Crippen LogP contribution in [0.25, 0.3) is 0 Å². The fourth-order valence-electron chi connectivity index (χ4n) is 2.63. The highest BCUT2D eigenvalue weighted by Gasteiger charge is 2.11. The maximum Gasteiger partial charge on any atom is 0.153 e. The van der Waals surface area contributed by atoms with Crippen molar-refractivity contribution in [2.45, 2.75) is 13.8 Å². The van der Waals surface area contributed by atoms with Gasteiger partial charge in [-0.3, -0.25) is 5.10 Å². The van der Waals surface area contributed by atoms with Gasteiger partial charge in [0, 0.05) is 11.8 Å². The van der Waals surface area contributed by atoms with E-state index in [0.29, 0.717) is 36.2 Å². The molecule has 0 amide bonds. The summed E-state index contributed by atoms with van der Waals surface area (Å²) in [6.45, 7) is 4.72. The number of methoxy groups -OCH3 is 1. The molecule has 3 N–H and O–H groups in total. The minimum atomic E-state index is 0.425. The van der Waals surface area contributed by atoms with Crippen LogP contribution in [0, 0.1) is 25.2 Å². The second-order valence-corrected chi connectivity index (χ2v) is 6.17. The van der Waals surface area contributed by atoms with Crippen LogP contribution in [0.2, 0.25) is 0 Å². The average molecular weight is 378 g/mol. The average Bonchev–Trinajstić information content (AvgIpc) is 3.10. The number of pyridine rings is 1. The lowest BCUT2D eigenvalue weighted by molar-refractivity contribution is 0.331. The Labute approximate surface area is 163 Å². The fraction of sp³-hybridized carbons (Fsp3) is 0.250. The molecule has 0 saturated carbocycles. The minimum Gasteiger partial charge on any atom is -0.497 e. The van der Waals surface area contributed by atoms with E-state index in [4.69, 9.17) is 9.47 Å². The molecule has 0 fully saturated rings. The van der Waals surface area contributed by atoms with Crippen LogP contribution in [0.4, 0.5) is 17.5 Å². The number of aromatic amines is 1. The quantitative estimate of drug-likeness (QED) is 0.515. The molecule has 0 bridgehead atoms. The van der Waals surface area contributed by atoms with Crippen molar-refractivity contribution in [2.24, 2.45) is 0 Å². The van der Waals surface area contributed by atoms with Crippen LogP contribution in [-0.4, -0.2) is 35.4 Å². The lowest BCUT2D eigenvalue weighted by atomic mass is 10.1. The molecule has 144 valence electrons. The highest BCUT2D eigenvalue weighted by atomic mass is 16.5. The van der Waals surface area contributed by atoms with E-state index in [-0.39, 0.29) is 0 Å². The third kappa shape index (κ3) is 4.71. The Kier molecular flexibility index (Phi) is 5.97. The third-order valence-corrected chi connectivity index (χ3v) is 4.01. The summed E-state index contributed by atoms with van der Waals surface area (Å²) >= 11 is 0. The summed E-state index contributed by atoms with van der Waals surface area (Å²) in [6, 6.07) is 13.3. The van der Waals surface area contributed by atoms with Gasteiger partial charge in [-0.2, -0.15) is 10.4 Å². The number of rotatable bonds is 8. The van der Waals surface area contributed by atoms with E-state index in [2.05, 4.69) is 31.9 Å². The molecular weight excluding hydrogens is 356 g/mol. The first-order valence-electron chi connectivity index (χ1n) is 8.80. The van der Waals surface area contributed by atoms with Gasteiger partial charge >= 0.3 is 0 Å². The summed E-state index contributed by atoms with van der Waals surface area (Å²) in [5.41, 5.74) is 2.28. The zero-order chi connectivity index (χ0) is 19.9. The molecule has 0 aliphatic carbocycles. The van der Waals surface area contributed by atoms with E-state index in [9.17, 15) is 5.26 Å². The summed E-state index contributed by atoms with van der Waals surface area (Å²) < 4.78 is 10.8. The molecule has 0 aliphatic heterocycles. The number of hydrogen-bond acceptors (Lipinski definition) is 7. The van der Waals surface area contributed by atoms with E-state index in [1.165, 1.54) is 0 Å². The van der Waals surface area contributed by atoms with Gasteiger partial charge in [0.15, 0.2) is 5.82 Å². The zero-order valence-electron chi connectivity index (χ0n) is 16.0. The predicted octanol–water partition coefficient (Wildman–Crippen LogP) is 3.54. The number of anilines is 3. The number of H-pyrrole nitrogens is 1. The summed E-state index contributed by atoms with van der Waals surface area (Å²) in [6.07, 6.45) is 0. The highest BCUT2D eigenvalue weighted by molar-refractivity contribution is 5.63. The van der Waals surface area contributed by atoms with Gasteiger partial charge in [-0.15, -0.1) is 0 Å². The van der Waals surface area contributed by atoms with Crippen molar-refractivity contribution in [3.05, 3.63) is 53.2 Å². The highest BCUT2D eigenvalue weighted by Crippen LogP contribution is 2.23. The van der Waals surface area contributed by atoms with Crippen molar-refractivity contribution < 1.29 is 9.47 Å². The number of hydrogen-bond donors (Lipinski definition) is 3. The van der Waals surface area contributed by atoms with Crippen LogP contribution in [0.1, 0.15) is 16.8 Å². The normalized spacial score (nSPS) is 10.2. The smallest absolute Gasteiger partial charge is 0.153 e. The number of aromatic nitrogens is 3. The number of nitriles is 1. The Hall–Kier alpha value is -3.73. The van der Waals surface area contributed by atoms with Crippen LogP contribution in [0.3, 0.4) is 0 Å². The van der Waals surface area contributed by atoms with Crippen molar-refractivity contribution in [3.63, 3.8) is 0 Å². The standard InChI is InChI=1S/C20H22N6O2/c1-13-10-18(23-19-11-14(2)25-26-19)24-20(17(13)12-21)22-8-9-28-16-6-4-15(27-3)5-7-16/h4-7,10-11H,8-9H2,1-3H3,(H3,22,23,24,25,26). The molecule has 0 atom stereocenters. The number of benzene rings is 1. The van der Waals surface area contributed by atoms with Crippen LogP contribution >= 0.6 is 0 Å². The molecule has 2 heterocycles. The molecule has 2 aromatic heterocycles. The van der Waals surface area contributed by atoms with Crippen molar-refractivity contribution in [1.29, 1.82) is 5.26 Å². The van der Waals surface area contributed by atoms with Crippen molar-refractivity contribution in [3.8, 4) is 17.6 Å². The summed E-state index contributed by atoms with van der Waals surface area (Å²) in [5, 5.41) is 22.8. The first-order valence-corrected chi connectivity index (χ1v) is 8.80. The predicted molar refractivity (Wildman–Crippen MR) is 107 cm³/mol. The molecule has 28 heavy (non-hydrogen) atoms. The fourth-order valence-corrected chi connectivity index (χ4v) is 2.63. The Morgan fingerprint density at radius 1 is 1.11 bits per heavy atom. The molecule has 0 unspecified atom stereocenters. The molecule has 0 saturated heterocycles. The SMILES string of the molecule is COc1ccc(OCCNc2nc(Nc3cc(C)[nH]n3)cc(C)c2C#N)cc1. The Bertz CT molecular complexity index is 975. The van der Waals surface area contributed by atoms with Crippen LogP contribution in [-0.2, 0) is 0 Å². The zero-order valence-corrected chi connectivity index (χ0v) is 16.0. The van der Waals surface area contributed by atoms with Crippen molar-refractivity contribution in [2.75, 3.05) is 30.9 Å². The van der Waals surface area contributed by atoms with E-state index < -0.39 is 0 Å². The molecule has 1 aromatic carbocycles. The first kappa shape index (κ1) is 19.0. The van der Waals surface area contributed by atoms with Gasteiger partial charge < -0.3 is 20.1 Å². The van der Waals surface area contributed by atoms with Gasteiger partial charge in [0.25, 0.3) is 0 Å². The Morgan fingerprint density at radius 2 is 1.86 bits per heavy atom. The summed E-state index contributed by atoms with van der Waals surface area (Å²) in [5.74, 6) is 3.32. The van der Waals surface area contributed by atoms with Gasteiger partial charge in [0.1, 0.15) is 35.8 Å². The van der Waals surface area contributed by atoms with E-state index >= 15 is 0 Å². The van der Waals surface area contributed by atoms with Gasteiger partial charge in [-0.05, 0) is 49.7 Å². The third-order valence-electron chi connectivity index (χ3n) is 4.01. The molecule has 0 radical (unpaired) electrons. The number of nitrogens with one attached hydrogen (secondary N) is 3. The molecule has 8 heteroatoms. The second kappa shape index (κ2) is 8.77. The first-order chi connectivity index (χ1) is 13.6. The molecular formula is C20H22N6O2. The van der Waals surface area contributed by atoms with Gasteiger partial charge in [0.2, 0.25) is 0 Å². The van der Waals surface area contributed by atoms with Crippen molar-refractivity contribution in [1.82, 2.24) is 15.2 Å². The number of nitrogens with zero attached hydrogens (tertiary/aromatic N) is 3. The van der Waals surface area contributed by atoms with E-state index in [1.54, 1.807) is 7.11 Å². The largest absolute Gasteiger partial charge is 0.497 e. The van der Waals surface area contributed by atoms with Crippen LogP contribution in [0.5, 0.6) is 11.5 Å². The van der Waals surface area contributed by atoms with E-state index in [0.717, 1.165) is 22.8 Å². The number of aryl methyl sites for hydroxylation is 2. The lowest BCUT2D eigenvalue weighted by Crippen LogP contribution is -2.14. The summed E-state index contributed by atoms with van der Waals surface area (Å²) in [7, 11) is 1.62. The lowest BCUT2D eigenvalue weighted by Gasteiger charge is -2.13. The minimum absolute atomic E-state index is 0.425. The van der Waals surface area contributed by atoms with Gasteiger partial charge in [-0.25, -0.2) is 4.98 Å². The molecule has 0 spiro atoms. The Balaban J connectivity index is 1.63.